The van der Waals surface area contributed by atoms with Crippen molar-refractivity contribution in [2.45, 2.75) is 20.3 Å². The Balaban J connectivity index is 2.13. The molecule has 0 spiro atoms. The second-order valence-electron chi connectivity index (χ2n) is 7.22. The van der Waals surface area contributed by atoms with Crippen LogP contribution in [-0.4, -0.2) is 76.8 Å². The smallest absolute Gasteiger partial charge is 0.344 e. The van der Waals surface area contributed by atoms with Crippen LogP contribution in [0.3, 0.4) is 0 Å². The maximum absolute atomic E-state index is 11.6. The minimum Gasteiger partial charge on any atom is -0.477 e. The number of anilines is 2. The molecule has 0 radical (unpaired) electrons. The van der Waals surface area contributed by atoms with E-state index in [0.29, 0.717) is 12.4 Å². The van der Waals surface area contributed by atoms with Crippen molar-refractivity contribution in [1.29, 1.82) is 0 Å². The van der Waals surface area contributed by atoms with Gasteiger partial charge in [-0.05, 0) is 38.6 Å². The summed E-state index contributed by atoms with van der Waals surface area (Å²) >= 11 is 0. The molecule has 1 aromatic heterocycles. The van der Waals surface area contributed by atoms with Crippen LogP contribution in [0.4, 0.5) is 11.5 Å². The molecule has 2 N–H and O–H groups in total. The van der Waals surface area contributed by atoms with E-state index in [1.165, 1.54) is 6.33 Å². The summed E-state index contributed by atoms with van der Waals surface area (Å²) in [5, 5.41) is 19.7. The van der Waals surface area contributed by atoms with Crippen LogP contribution in [0.25, 0.3) is 10.9 Å². The lowest BCUT2D eigenvalue weighted by atomic mass is 10.1. The first-order valence-corrected chi connectivity index (χ1v) is 10.0. The van der Waals surface area contributed by atoms with Gasteiger partial charge in [0.2, 0.25) is 0 Å². The van der Waals surface area contributed by atoms with Crippen LogP contribution >= 0.6 is 0 Å². The number of hydrogen-bond acceptors (Lipinski definition) is 7. The molecule has 0 amide bonds. The summed E-state index contributed by atoms with van der Waals surface area (Å²) in [7, 11) is 2.10. The van der Waals surface area contributed by atoms with Gasteiger partial charge in [-0.1, -0.05) is 6.92 Å². The Bertz CT molecular complexity index is 967. The average molecular weight is 413 g/mol. The van der Waals surface area contributed by atoms with Gasteiger partial charge in [0.05, 0.1) is 5.52 Å². The maximum atomic E-state index is 11.6. The minimum absolute atomic E-state index is 0.211. The zero-order valence-electron chi connectivity index (χ0n) is 17.5. The number of allylic oxidation sites excluding steroid dienone is 1. The first kappa shape index (κ1) is 21.5. The van der Waals surface area contributed by atoms with Gasteiger partial charge in [0.25, 0.3) is 0 Å². The van der Waals surface area contributed by atoms with E-state index in [1.807, 2.05) is 25.1 Å². The molecule has 9 heteroatoms. The third kappa shape index (κ3) is 4.20. The molecule has 2 aromatic rings. The standard InChI is InChI=1S/C21H27N5O4/c1-4-17(18(20(27)28)21(29)30)26(5-2)19-15-12-14(6-7-16(15)22-13-23-19)25-10-8-24(3)9-11-25/h6-7,12-13H,4-5,8-11H2,1-3H3,(H,27,28)(H,29,30). The van der Waals surface area contributed by atoms with Crippen molar-refractivity contribution in [2.24, 2.45) is 0 Å². The lowest BCUT2D eigenvalue weighted by Crippen LogP contribution is -2.44. The number of hydrogen-bond donors (Lipinski definition) is 2. The Morgan fingerprint density at radius 1 is 1.07 bits per heavy atom. The van der Waals surface area contributed by atoms with Gasteiger partial charge in [-0.15, -0.1) is 0 Å². The zero-order chi connectivity index (χ0) is 21.8. The van der Waals surface area contributed by atoms with Crippen molar-refractivity contribution in [3.8, 4) is 0 Å². The largest absolute Gasteiger partial charge is 0.477 e. The van der Waals surface area contributed by atoms with Gasteiger partial charge in [0.15, 0.2) is 5.57 Å². The second kappa shape index (κ2) is 9.08. The van der Waals surface area contributed by atoms with E-state index in [4.69, 9.17) is 0 Å². The van der Waals surface area contributed by atoms with Gasteiger partial charge < -0.3 is 24.9 Å². The molecule has 1 aliphatic heterocycles. The highest BCUT2D eigenvalue weighted by Gasteiger charge is 2.27. The highest BCUT2D eigenvalue weighted by Crippen LogP contribution is 2.31. The predicted molar refractivity (Wildman–Crippen MR) is 115 cm³/mol. The maximum Gasteiger partial charge on any atom is 0.344 e. The Hall–Kier alpha value is -3.20. The number of carbonyl (C=O) groups is 2. The van der Waals surface area contributed by atoms with Crippen LogP contribution in [0.5, 0.6) is 0 Å². The van der Waals surface area contributed by atoms with E-state index in [2.05, 4.69) is 26.8 Å². The van der Waals surface area contributed by atoms with Crippen molar-refractivity contribution < 1.29 is 19.8 Å². The van der Waals surface area contributed by atoms with Crippen LogP contribution in [0.2, 0.25) is 0 Å². The molecule has 2 heterocycles. The molecule has 1 aliphatic rings. The highest BCUT2D eigenvalue weighted by molar-refractivity contribution is 6.13. The summed E-state index contributed by atoms with van der Waals surface area (Å²) in [6, 6.07) is 5.96. The third-order valence-electron chi connectivity index (χ3n) is 5.42. The molecule has 1 fully saturated rings. The van der Waals surface area contributed by atoms with Gasteiger partial charge in [0.1, 0.15) is 12.1 Å². The van der Waals surface area contributed by atoms with Crippen LogP contribution in [-0.2, 0) is 9.59 Å². The Morgan fingerprint density at radius 3 is 2.30 bits per heavy atom. The number of aromatic nitrogens is 2. The van der Waals surface area contributed by atoms with Crippen molar-refractivity contribution >= 4 is 34.3 Å². The van der Waals surface area contributed by atoms with Gasteiger partial charge in [-0.2, -0.15) is 0 Å². The molecule has 0 atom stereocenters. The predicted octanol–water partition coefficient (Wildman–Crippen LogP) is 2.04. The number of rotatable bonds is 7. The molecule has 0 bridgehead atoms. The molecule has 3 rings (SSSR count). The minimum atomic E-state index is -1.46. The normalized spacial score (nSPS) is 14.6. The lowest BCUT2D eigenvalue weighted by Gasteiger charge is -2.34. The second-order valence-corrected chi connectivity index (χ2v) is 7.22. The first-order valence-electron chi connectivity index (χ1n) is 10.0. The van der Waals surface area contributed by atoms with Gasteiger partial charge in [-0.3, -0.25) is 0 Å². The Kier molecular flexibility index (Phi) is 6.51. The molecule has 9 nitrogen and oxygen atoms in total. The number of likely N-dealkylation sites (N-methyl/N-ethyl adjacent to an activating group) is 1. The molecule has 0 aliphatic carbocycles. The van der Waals surface area contributed by atoms with Crippen molar-refractivity contribution in [1.82, 2.24) is 14.9 Å². The van der Waals surface area contributed by atoms with Gasteiger partial charge >= 0.3 is 11.9 Å². The van der Waals surface area contributed by atoms with Crippen molar-refractivity contribution in [3.63, 3.8) is 0 Å². The zero-order valence-corrected chi connectivity index (χ0v) is 17.5. The van der Waals surface area contributed by atoms with Crippen LogP contribution in [0.15, 0.2) is 35.8 Å². The molecular formula is C21H27N5O4. The van der Waals surface area contributed by atoms with Crippen LogP contribution in [0, 0.1) is 0 Å². The number of aliphatic carboxylic acids is 2. The molecular weight excluding hydrogens is 386 g/mol. The summed E-state index contributed by atoms with van der Waals surface area (Å²) in [5.41, 5.74) is 1.34. The number of carboxylic acids is 2. The Labute approximate surface area is 175 Å². The van der Waals surface area contributed by atoms with Crippen LogP contribution in [0.1, 0.15) is 20.3 Å². The molecule has 0 saturated carbocycles. The van der Waals surface area contributed by atoms with E-state index >= 15 is 0 Å². The van der Waals surface area contributed by atoms with Gasteiger partial charge in [0, 0.05) is 49.5 Å². The number of nitrogens with zero attached hydrogens (tertiary/aromatic N) is 5. The summed E-state index contributed by atoms with van der Waals surface area (Å²) in [5.74, 6) is -2.42. The van der Waals surface area contributed by atoms with E-state index in [-0.39, 0.29) is 12.1 Å². The first-order chi connectivity index (χ1) is 14.4. The highest BCUT2D eigenvalue weighted by atomic mass is 16.4. The fourth-order valence-corrected chi connectivity index (χ4v) is 3.82. The molecule has 1 saturated heterocycles. The summed E-state index contributed by atoms with van der Waals surface area (Å²) < 4.78 is 0. The molecule has 160 valence electrons. The summed E-state index contributed by atoms with van der Waals surface area (Å²) in [6.07, 6.45) is 1.66. The third-order valence-corrected chi connectivity index (χ3v) is 5.42. The van der Waals surface area contributed by atoms with Crippen molar-refractivity contribution in [2.75, 3.05) is 49.6 Å². The number of carboxylic acid groups (broad SMARTS) is 2. The molecule has 0 unspecified atom stereocenters. The number of benzene rings is 1. The lowest BCUT2D eigenvalue weighted by molar-refractivity contribution is -0.140. The quantitative estimate of drug-likeness (QED) is 0.400. The Morgan fingerprint density at radius 2 is 1.73 bits per heavy atom. The fraction of sp³-hybridized carbons (Fsp3) is 0.429. The average Bonchev–Trinajstić information content (AvgIpc) is 2.73. The SMILES string of the molecule is CCC(=C(C(=O)O)C(=O)O)N(CC)c1ncnc2ccc(N3CCN(C)CC3)cc12. The topological polar surface area (TPSA) is 110 Å². The monoisotopic (exact) mass is 413 g/mol. The van der Waals surface area contributed by atoms with Crippen LogP contribution < -0.4 is 9.80 Å². The van der Waals surface area contributed by atoms with Crippen molar-refractivity contribution in [3.05, 3.63) is 35.8 Å². The van der Waals surface area contributed by atoms with E-state index < -0.39 is 17.5 Å². The fourth-order valence-electron chi connectivity index (χ4n) is 3.82. The summed E-state index contributed by atoms with van der Waals surface area (Å²) in [4.78, 5) is 38.3. The van der Waals surface area contributed by atoms with E-state index in [1.54, 1.807) is 11.8 Å². The number of fused-ring (bicyclic) bond motifs is 1. The molecule has 1 aromatic carbocycles. The molecule has 30 heavy (non-hydrogen) atoms. The summed E-state index contributed by atoms with van der Waals surface area (Å²) in [6.45, 7) is 7.72. The van der Waals surface area contributed by atoms with Gasteiger partial charge in [-0.25, -0.2) is 19.6 Å². The van der Waals surface area contributed by atoms with E-state index in [0.717, 1.165) is 42.8 Å². The van der Waals surface area contributed by atoms with E-state index in [9.17, 15) is 19.8 Å². The number of piperazine rings is 1.